The maximum absolute atomic E-state index is 12.1. The molecule has 0 fully saturated rings. The molecular weight excluding hydrogens is 366 g/mol. The summed E-state index contributed by atoms with van der Waals surface area (Å²) in [5, 5.41) is 10.6. The van der Waals surface area contributed by atoms with Gasteiger partial charge in [-0.05, 0) is 18.2 Å². The molecule has 0 spiro atoms. The molecule has 1 heterocycles. The van der Waals surface area contributed by atoms with E-state index in [1.54, 1.807) is 24.3 Å². The van der Waals surface area contributed by atoms with Crippen molar-refractivity contribution < 1.29 is 24.0 Å². The van der Waals surface area contributed by atoms with E-state index in [-0.39, 0.29) is 22.9 Å². The van der Waals surface area contributed by atoms with Crippen molar-refractivity contribution in [2.24, 2.45) is 0 Å². The zero-order valence-electron chi connectivity index (χ0n) is 13.1. The van der Waals surface area contributed by atoms with E-state index in [2.05, 4.69) is 10.9 Å². The van der Waals surface area contributed by atoms with Crippen molar-refractivity contribution in [1.29, 1.82) is 0 Å². The number of carbonyl (C=O) groups is 2. The summed E-state index contributed by atoms with van der Waals surface area (Å²) in [5.74, 6) is -0.400. The standard InChI is InChI=1S/C16H12ClN3O6/c17-11-7-9(20(23)24)5-6-10(11)15(21)18-19-16(22)14-8-25-12-3-1-2-4-13(12)26-14/h1-7,14H,8H2,(H,18,21)(H,19,22)/t14-/m0/s1. The fourth-order valence-electron chi connectivity index (χ4n) is 2.22. The van der Waals surface area contributed by atoms with Gasteiger partial charge in [0.1, 0.15) is 6.61 Å². The Kier molecular flexibility index (Phi) is 4.90. The summed E-state index contributed by atoms with van der Waals surface area (Å²) < 4.78 is 10.9. The summed E-state index contributed by atoms with van der Waals surface area (Å²) in [6.45, 7) is -0.0169. The van der Waals surface area contributed by atoms with E-state index < -0.39 is 22.8 Å². The number of hydrogen-bond donors (Lipinski definition) is 2. The van der Waals surface area contributed by atoms with Crippen LogP contribution in [-0.4, -0.2) is 29.4 Å². The van der Waals surface area contributed by atoms with Crippen LogP contribution in [0, 0.1) is 10.1 Å². The summed E-state index contributed by atoms with van der Waals surface area (Å²) >= 11 is 5.87. The number of nitro benzene ring substituents is 1. The number of ether oxygens (including phenoxy) is 2. The van der Waals surface area contributed by atoms with Gasteiger partial charge in [-0.1, -0.05) is 23.7 Å². The lowest BCUT2D eigenvalue weighted by atomic mass is 10.2. The quantitative estimate of drug-likeness (QED) is 0.622. The van der Waals surface area contributed by atoms with Crippen LogP contribution in [0.15, 0.2) is 42.5 Å². The number of hydrogen-bond acceptors (Lipinski definition) is 6. The highest BCUT2D eigenvalue weighted by Crippen LogP contribution is 2.30. The summed E-state index contributed by atoms with van der Waals surface area (Å²) in [7, 11) is 0. The van der Waals surface area contributed by atoms with E-state index in [1.165, 1.54) is 6.07 Å². The highest BCUT2D eigenvalue weighted by molar-refractivity contribution is 6.34. The van der Waals surface area contributed by atoms with Crippen LogP contribution >= 0.6 is 11.6 Å². The normalized spacial score (nSPS) is 15.0. The van der Waals surface area contributed by atoms with Gasteiger partial charge in [-0.25, -0.2) is 0 Å². The molecule has 26 heavy (non-hydrogen) atoms. The van der Waals surface area contributed by atoms with Crippen molar-refractivity contribution >= 4 is 29.1 Å². The largest absolute Gasteiger partial charge is 0.485 e. The molecule has 0 bridgehead atoms. The minimum atomic E-state index is -0.947. The molecule has 2 aromatic carbocycles. The fraction of sp³-hybridized carbons (Fsp3) is 0.125. The lowest BCUT2D eigenvalue weighted by Gasteiger charge is -2.25. The minimum absolute atomic E-state index is 0.0169. The molecule has 2 aromatic rings. The molecule has 0 aliphatic carbocycles. The van der Waals surface area contributed by atoms with Gasteiger partial charge in [0.25, 0.3) is 17.5 Å². The monoisotopic (exact) mass is 377 g/mol. The Bertz CT molecular complexity index is 888. The van der Waals surface area contributed by atoms with Crippen LogP contribution in [-0.2, 0) is 4.79 Å². The lowest BCUT2D eigenvalue weighted by Crippen LogP contribution is -2.50. The van der Waals surface area contributed by atoms with Crippen molar-refractivity contribution in [2.75, 3.05) is 6.61 Å². The third-order valence-corrected chi connectivity index (χ3v) is 3.82. The topological polar surface area (TPSA) is 120 Å². The summed E-state index contributed by atoms with van der Waals surface area (Å²) in [5.41, 5.74) is 4.12. The second-order valence-corrected chi connectivity index (χ2v) is 5.64. The average Bonchev–Trinajstić information content (AvgIpc) is 2.65. The molecule has 1 atom stereocenters. The van der Waals surface area contributed by atoms with E-state index in [1.807, 2.05) is 0 Å². The van der Waals surface area contributed by atoms with Gasteiger partial charge in [-0.2, -0.15) is 0 Å². The van der Waals surface area contributed by atoms with E-state index in [0.29, 0.717) is 11.5 Å². The number of non-ortho nitro benzene ring substituents is 1. The van der Waals surface area contributed by atoms with E-state index in [9.17, 15) is 19.7 Å². The smallest absolute Gasteiger partial charge is 0.283 e. The maximum Gasteiger partial charge on any atom is 0.283 e. The number of hydrazine groups is 1. The predicted octanol–water partition coefficient (Wildman–Crippen LogP) is 1.85. The number of fused-ring (bicyclic) bond motifs is 1. The van der Waals surface area contributed by atoms with Crippen LogP contribution < -0.4 is 20.3 Å². The molecule has 0 saturated heterocycles. The van der Waals surface area contributed by atoms with Gasteiger partial charge in [0, 0.05) is 12.1 Å². The van der Waals surface area contributed by atoms with Gasteiger partial charge < -0.3 is 9.47 Å². The number of benzene rings is 2. The van der Waals surface area contributed by atoms with Gasteiger partial charge in [-0.3, -0.25) is 30.6 Å². The van der Waals surface area contributed by atoms with Crippen molar-refractivity contribution in [3.63, 3.8) is 0 Å². The van der Waals surface area contributed by atoms with E-state index in [4.69, 9.17) is 21.1 Å². The molecule has 0 unspecified atom stereocenters. The number of rotatable bonds is 3. The number of amides is 2. The third kappa shape index (κ3) is 3.67. The number of halogens is 1. The Hall–Kier alpha value is -3.33. The molecule has 0 radical (unpaired) electrons. The van der Waals surface area contributed by atoms with Crippen molar-refractivity contribution in [1.82, 2.24) is 10.9 Å². The van der Waals surface area contributed by atoms with E-state index >= 15 is 0 Å². The van der Waals surface area contributed by atoms with E-state index in [0.717, 1.165) is 12.1 Å². The van der Waals surface area contributed by atoms with Crippen LogP contribution in [0.1, 0.15) is 10.4 Å². The zero-order valence-corrected chi connectivity index (χ0v) is 13.9. The molecule has 2 N–H and O–H groups in total. The number of para-hydroxylation sites is 2. The molecular formula is C16H12ClN3O6. The first kappa shape index (κ1) is 17.5. The highest BCUT2D eigenvalue weighted by atomic mass is 35.5. The molecule has 0 aromatic heterocycles. The van der Waals surface area contributed by atoms with Crippen LogP contribution in [0.25, 0.3) is 0 Å². The SMILES string of the molecule is O=C(NNC(=O)[C@@H]1COc2ccccc2O1)c1ccc([N+](=O)[O-])cc1Cl. The van der Waals surface area contributed by atoms with Crippen molar-refractivity contribution in [3.8, 4) is 11.5 Å². The van der Waals surface area contributed by atoms with Crippen LogP contribution in [0.4, 0.5) is 5.69 Å². The number of carbonyl (C=O) groups excluding carboxylic acids is 2. The molecule has 134 valence electrons. The molecule has 1 aliphatic heterocycles. The zero-order chi connectivity index (χ0) is 18.7. The first-order valence-corrected chi connectivity index (χ1v) is 7.76. The number of nitrogens with one attached hydrogen (secondary N) is 2. The third-order valence-electron chi connectivity index (χ3n) is 3.51. The summed E-state index contributed by atoms with van der Waals surface area (Å²) in [6.07, 6.45) is -0.947. The molecule has 0 saturated carbocycles. The summed E-state index contributed by atoms with van der Waals surface area (Å²) in [4.78, 5) is 34.2. The lowest BCUT2D eigenvalue weighted by molar-refractivity contribution is -0.384. The van der Waals surface area contributed by atoms with Crippen molar-refractivity contribution in [2.45, 2.75) is 6.10 Å². The number of nitrogens with zero attached hydrogens (tertiary/aromatic N) is 1. The summed E-state index contributed by atoms with van der Waals surface area (Å²) in [6, 6.07) is 10.3. The van der Waals surface area contributed by atoms with Gasteiger partial charge in [-0.15, -0.1) is 0 Å². The molecule has 3 rings (SSSR count). The molecule has 2 amide bonds. The Morgan fingerprint density at radius 3 is 2.58 bits per heavy atom. The maximum atomic E-state index is 12.1. The Morgan fingerprint density at radius 2 is 1.88 bits per heavy atom. The van der Waals surface area contributed by atoms with Crippen LogP contribution in [0.2, 0.25) is 5.02 Å². The second-order valence-electron chi connectivity index (χ2n) is 5.23. The van der Waals surface area contributed by atoms with Crippen LogP contribution in [0.3, 0.4) is 0 Å². The molecule has 1 aliphatic rings. The molecule has 10 heteroatoms. The predicted molar refractivity (Wildman–Crippen MR) is 90.1 cm³/mol. The van der Waals surface area contributed by atoms with Crippen LogP contribution in [0.5, 0.6) is 11.5 Å². The number of nitro groups is 1. The highest BCUT2D eigenvalue weighted by Gasteiger charge is 2.27. The van der Waals surface area contributed by atoms with Crippen molar-refractivity contribution in [3.05, 3.63) is 63.2 Å². The first-order chi connectivity index (χ1) is 12.5. The van der Waals surface area contributed by atoms with Gasteiger partial charge in [0.2, 0.25) is 6.10 Å². The Balaban J connectivity index is 1.60. The Labute approximate surface area is 152 Å². The van der Waals surface area contributed by atoms with Gasteiger partial charge in [0.15, 0.2) is 11.5 Å². The average molecular weight is 378 g/mol. The van der Waals surface area contributed by atoms with Gasteiger partial charge >= 0.3 is 0 Å². The first-order valence-electron chi connectivity index (χ1n) is 7.38. The minimum Gasteiger partial charge on any atom is -0.485 e. The fourth-order valence-corrected chi connectivity index (χ4v) is 2.48. The van der Waals surface area contributed by atoms with Gasteiger partial charge in [0.05, 0.1) is 15.5 Å². The molecule has 9 nitrogen and oxygen atoms in total. The Morgan fingerprint density at radius 1 is 1.15 bits per heavy atom. The second kappa shape index (κ2) is 7.28.